The molecule has 5 rings (SSSR count). The summed E-state index contributed by atoms with van der Waals surface area (Å²) >= 11 is 0. The molecule has 0 saturated heterocycles. The Balaban J connectivity index is 1.56. The molecule has 0 spiro atoms. The Kier molecular flexibility index (Phi) is 3.53. The fourth-order valence-electron chi connectivity index (χ4n) is 3.09. The molecule has 6 nitrogen and oxygen atoms in total. The summed E-state index contributed by atoms with van der Waals surface area (Å²) < 4.78 is 16.1. The number of amides is 1. The molecule has 4 aromatic rings. The maximum absolute atomic E-state index is 13.0. The Morgan fingerprint density at radius 1 is 0.963 bits per heavy atom. The summed E-state index contributed by atoms with van der Waals surface area (Å²) in [5.41, 5.74) is 2.48. The fourth-order valence-corrected chi connectivity index (χ4v) is 3.09. The first-order chi connectivity index (χ1) is 13.3. The molecule has 1 N–H and O–H groups in total. The second kappa shape index (κ2) is 6.17. The van der Waals surface area contributed by atoms with Crippen LogP contribution >= 0.6 is 0 Å². The molecule has 1 amide bonds. The van der Waals surface area contributed by atoms with E-state index in [4.69, 9.17) is 13.9 Å². The van der Waals surface area contributed by atoms with Crippen molar-refractivity contribution in [1.29, 1.82) is 0 Å². The Morgan fingerprint density at radius 3 is 2.74 bits per heavy atom. The van der Waals surface area contributed by atoms with Gasteiger partial charge in [-0.3, -0.25) is 4.79 Å². The summed E-state index contributed by atoms with van der Waals surface area (Å²) in [7, 11) is 0. The molecule has 2 aromatic heterocycles. The van der Waals surface area contributed by atoms with Crippen molar-refractivity contribution in [3.05, 3.63) is 72.5 Å². The second-order valence-electron chi connectivity index (χ2n) is 6.07. The highest BCUT2D eigenvalue weighted by Gasteiger charge is 2.17. The first-order valence-electron chi connectivity index (χ1n) is 8.42. The van der Waals surface area contributed by atoms with Gasteiger partial charge in [-0.25, -0.2) is 4.98 Å². The van der Waals surface area contributed by atoms with Gasteiger partial charge in [0.25, 0.3) is 5.91 Å². The Morgan fingerprint density at radius 2 is 1.85 bits per heavy atom. The minimum atomic E-state index is -0.236. The van der Waals surface area contributed by atoms with Crippen molar-refractivity contribution in [1.82, 2.24) is 4.98 Å². The van der Waals surface area contributed by atoms with Gasteiger partial charge in [-0.1, -0.05) is 18.2 Å². The van der Waals surface area contributed by atoms with E-state index < -0.39 is 0 Å². The van der Waals surface area contributed by atoms with Gasteiger partial charge in [0.1, 0.15) is 5.69 Å². The van der Waals surface area contributed by atoms with Crippen molar-refractivity contribution in [2.24, 2.45) is 0 Å². The van der Waals surface area contributed by atoms with Crippen LogP contribution in [0.15, 0.2) is 71.3 Å². The average Bonchev–Trinajstić information content (AvgIpc) is 3.38. The van der Waals surface area contributed by atoms with E-state index in [-0.39, 0.29) is 12.7 Å². The van der Waals surface area contributed by atoms with Crippen LogP contribution in [0.4, 0.5) is 5.69 Å². The van der Waals surface area contributed by atoms with Gasteiger partial charge in [0.2, 0.25) is 6.79 Å². The van der Waals surface area contributed by atoms with E-state index in [9.17, 15) is 4.79 Å². The van der Waals surface area contributed by atoms with E-state index in [2.05, 4.69) is 10.3 Å². The number of pyridine rings is 1. The van der Waals surface area contributed by atoms with E-state index in [1.165, 1.54) is 0 Å². The number of fused-ring (bicyclic) bond motifs is 2. The van der Waals surface area contributed by atoms with Gasteiger partial charge in [-0.2, -0.15) is 0 Å². The van der Waals surface area contributed by atoms with Gasteiger partial charge in [0, 0.05) is 17.1 Å². The minimum absolute atomic E-state index is 0.189. The van der Waals surface area contributed by atoms with Crippen molar-refractivity contribution >= 4 is 22.5 Å². The van der Waals surface area contributed by atoms with Crippen LogP contribution in [0.3, 0.4) is 0 Å². The summed E-state index contributed by atoms with van der Waals surface area (Å²) in [4.78, 5) is 17.6. The summed E-state index contributed by atoms with van der Waals surface area (Å²) in [6.45, 7) is 0.189. The number of carbonyl (C=O) groups excluding carboxylic acids is 1. The summed E-state index contributed by atoms with van der Waals surface area (Å²) in [5, 5.41) is 3.69. The van der Waals surface area contributed by atoms with Gasteiger partial charge in [-0.15, -0.1) is 0 Å². The Hall–Kier alpha value is -3.80. The minimum Gasteiger partial charge on any atom is -0.463 e. The number of hydrogen-bond donors (Lipinski definition) is 1. The van der Waals surface area contributed by atoms with Crippen LogP contribution < -0.4 is 14.8 Å². The van der Waals surface area contributed by atoms with E-state index in [1.54, 1.807) is 36.6 Å². The number of rotatable bonds is 3. The van der Waals surface area contributed by atoms with Crippen LogP contribution in [0.25, 0.3) is 22.4 Å². The highest BCUT2D eigenvalue weighted by Crippen LogP contribution is 2.34. The van der Waals surface area contributed by atoms with E-state index in [0.717, 1.165) is 10.9 Å². The molecule has 1 aliphatic heterocycles. The normalized spacial score (nSPS) is 12.3. The number of benzene rings is 2. The zero-order chi connectivity index (χ0) is 18.2. The van der Waals surface area contributed by atoms with Gasteiger partial charge < -0.3 is 19.2 Å². The van der Waals surface area contributed by atoms with E-state index >= 15 is 0 Å². The molecule has 132 valence electrons. The molecule has 3 heterocycles. The predicted molar refractivity (Wildman–Crippen MR) is 100.0 cm³/mol. The van der Waals surface area contributed by atoms with Crippen molar-refractivity contribution in [2.75, 3.05) is 12.1 Å². The number of anilines is 1. The number of para-hydroxylation sites is 1. The number of ether oxygens (including phenoxy) is 2. The lowest BCUT2D eigenvalue weighted by Crippen LogP contribution is -2.13. The second-order valence-corrected chi connectivity index (χ2v) is 6.07. The van der Waals surface area contributed by atoms with Crippen LogP contribution in [0, 0.1) is 0 Å². The lowest BCUT2D eigenvalue weighted by atomic mass is 10.1. The summed E-state index contributed by atoms with van der Waals surface area (Å²) in [5.74, 6) is 1.66. The fraction of sp³-hybridized carbons (Fsp3) is 0.0476. The van der Waals surface area contributed by atoms with Crippen LogP contribution in [0.2, 0.25) is 0 Å². The molecule has 6 heteroatoms. The molecule has 0 unspecified atom stereocenters. The van der Waals surface area contributed by atoms with Gasteiger partial charge in [-0.05, 0) is 36.4 Å². The molecule has 0 aliphatic carbocycles. The first kappa shape index (κ1) is 15.5. The van der Waals surface area contributed by atoms with E-state index in [0.29, 0.717) is 34.2 Å². The van der Waals surface area contributed by atoms with Crippen LogP contribution in [-0.4, -0.2) is 17.7 Å². The standard InChI is InChI=1S/C21H14N2O4/c24-21(22-13-7-8-19-20(10-13)27-12-26-19)15-11-17(18-6-3-9-25-18)23-16-5-2-1-4-14(15)16/h1-11H,12H2,(H,22,24). The number of furan rings is 1. The van der Waals surface area contributed by atoms with E-state index in [1.807, 2.05) is 30.3 Å². The van der Waals surface area contributed by atoms with Crippen molar-refractivity contribution in [3.63, 3.8) is 0 Å². The summed E-state index contributed by atoms with van der Waals surface area (Å²) in [6, 6.07) is 18.2. The Bertz CT molecular complexity index is 1150. The number of carbonyl (C=O) groups is 1. The highest BCUT2D eigenvalue weighted by atomic mass is 16.7. The van der Waals surface area contributed by atoms with Crippen molar-refractivity contribution in [2.45, 2.75) is 0 Å². The zero-order valence-electron chi connectivity index (χ0n) is 14.1. The molecule has 27 heavy (non-hydrogen) atoms. The quantitative estimate of drug-likeness (QED) is 0.585. The highest BCUT2D eigenvalue weighted by molar-refractivity contribution is 6.13. The summed E-state index contributed by atoms with van der Waals surface area (Å²) in [6.07, 6.45) is 1.58. The zero-order valence-corrected chi connectivity index (χ0v) is 14.1. The lowest BCUT2D eigenvalue weighted by molar-refractivity contribution is 0.102. The largest absolute Gasteiger partial charge is 0.463 e. The maximum Gasteiger partial charge on any atom is 0.256 e. The topological polar surface area (TPSA) is 73.6 Å². The predicted octanol–water partition coefficient (Wildman–Crippen LogP) is 4.48. The van der Waals surface area contributed by atoms with Crippen LogP contribution in [0.5, 0.6) is 11.5 Å². The smallest absolute Gasteiger partial charge is 0.256 e. The van der Waals surface area contributed by atoms with Crippen molar-refractivity contribution < 1.29 is 18.7 Å². The maximum atomic E-state index is 13.0. The van der Waals surface area contributed by atoms with Crippen LogP contribution in [0.1, 0.15) is 10.4 Å². The number of aromatic nitrogens is 1. The molecular weight excluding hydrogens is 344 g/mol. The SMILES string of the molecule is O=C(Nc1ccc2c(c1)OCO2)c1cc(-c2ccco2)nc2ccccc12. The molecule has 0 radical (unpaired) electrons. The average molecular weight is 358 g/mol. The molecule has 0 bridgehead atoms. The molecule has 0 atom stereocenters. The molecule has 1 aliphatic rings. The van der Waals surface area contributed by atoms with Crippen molar-refractivity contribution in [3.8, 4) is 23.0 Å². The molecular formula is C21H14N2O4. The molecule has 2 aromatic carbocycles. The third-order valence-corrected chi connectivity index (χ3v) is 4.36. The number of nitrogens with one attached hydrogen (secondary N) is 1. The van der Waals surface area contributed by atoms with Gasteiger partial charge in [0.15, 0.2) is 17.3 Å². The van der Waals surface area contributed by atoms with Crippen LogP contribution in [-0.2, 0) is 0 Å². The van der Waals surface area contributed by atoms with Gasteiger partial charge >= 0.3 is 0 Å². The Labute approximate surface area is 154 Å². The molecule has 0 fully saturated rings. The lowest BCUT2D eigenvalue weighted by Gasteiger charge is -2.10. The first-order valence-corrected chi connectivity index (χ1v) is 8.42. The number of hydrogen-bond acceptors (Lipinski definition) is 5. The molecule has 0 saturated carbocycles. The third kappa shape index (κ3) is 2.77. The number of nitrogens with zero attached hydrogens (tertiary/aromatic N) is 1. The third-order valence-electron chi connectivity index (χ3n) is 4.36. The monoisotopic (exact) mass is 358 g/mol. The van der Waals surface area contributed by atoms with Gasteiger partial charge in [0.05, 0.1) is 17.3 Å².